The van der Waals surface area contributed by atoms with E-state index in [9.17, 15) is 0 Å². The van der Waals surface area contributed by atoms with Gasteiger partial charge < -0.3 is 9.47 Å². The molecule has 0 saturated heterocycles. The lowest BCUT2D eigenvalue weighted by Crippen LogP contribution is -2.32. The van der Waals surface area contributed by atoms with Crippen LogP contribution in [-0.4, -0.2) is 29.8 Å². The van der Waals surface area contributed by atoms with Gasteiger partial charge in [0.1, 0.15) is 0 Å². The van der Waals surface area contributed by atoms with Gasteiger partial charge in [0.15, 0.2) is 5.79 Å². The highest BCUT2D eigenvalue weighted by molar-refractivity contribution is 6.20. The van der Waals surface area contributed by atoms with Crippen LogP contribution in [-0.2, 0) is 9.47 Å². The van der Waals surface area contributed by atoms with E-state index in [0.29, 0.717) is 13.2 Å². The molecule has 0 aliphatic heterocycles. The lowest BCUT2D eigenvalue weighted by Gasteiger charge is -2.26. The zero-order valence-electron chi connectivity index (χ0n) is 8.64. The highest BCUT2D eigenvalue weighted by Gasteiger charge is 2.20. The van der Waals surface area contributed by atoms with Crippen molar-refractivity contribution >= 4 is 23.2 Å². The van der Waals surface area contributed by atoms with Crippen LogP contribution in [0.25, 0.3) is 0 Å². The molecule has 0 aliphatic rings. The Bertz CT molecular complexity index is 122. The molecule has 0 fully saturated rings. The van der Waals surface area contributed by atoms with E-state index in [1.54, 1.807) is 0 Å². The van der Waals surface area contributed by atoms with Crippen molar-refractivity contribution in [2.45, 2.75) is 44.2 Å². The van der Waals surface area contributed by atoms with Gasteiger partial charge in [0.05, 0.1) is 24.0 Å². The first-order valence-electron chi connectivity index (χ1n) is 4.39. The summed E-state index contributed by atoms with van der Waals surface area (Å²) in [5.41, 5.74) is 0. The fourth-order valence-electron chi connectivity index (χ4n) is 0.673. The van der Waals surface area contributed by atoms with Gasteiger partial charge in [0.2, 0.25) is 0 Å². The Morgan fingerprint density at radius 1 is 1.00 bits per heavy atom. The summed E-state index contributed by atoms with van der Waals surface area (Å²) in [6.07, 6.45) is 0. The smallest absolute Gasteiger partial charge is 0.162 e. The molecule has 0 heterocycles. The number of alkyl halides is 2. The van der Waals surface area contributed by atoms with E-state index in [0.717, 1.165) is 0 Å². The molecule has 0 bridgehead atoms. The molecule has 0 N–H and O–H groups in total. The monoisotopic (exact) mass is 228 g/mol. The summed E-state index contributed by atoms with van der Waals surface area (Å²) >= 11 is 11.5. The second-order valence-electron chi connectivity index (χ2n) is 3.58. The van der Waals surface area contributed by atoms with E-state index in [4.69, 9.17) is 32.7 Å². The van der Waals surface area contributed by atoms with Crippen LogP contribution in [0.3, 0.4) is 0 Å². The summed E-state index contributed by atoms with van der Waals surface area (Å²) in [5, 5.41) is -0.00685. The van der Waals surface area contributed by atoms with Gasteiger partial charge in [-0.2, -0.15) is 0 Å². The maximum Gasteiger partial charge on any atom is 0.162 e. The van der Waals surface area contributed by atoms with E-state index >= 15 is 0 Å². The third kappa shape index (κ3) is 8.82. The molecule has 0 spiro atoms. The summed E-state index contributed by atoms with van der Waals surface area (Å²) in [4.78, 5) is 0. The summed E-state index contributed by atoms with van der Waals surface area (Å²) in [6, 6.07) is 0. The minimum Gasteiger partial charge on any atom is -0.349 e. The molecular formula is C9H18Cl2O2. The normalized spacial score (nSPS) is 17.1. The van der Waals surface area contributed by atoms with Crippen LogP contribution in [0.5, 0.6) is 0 Å². The molecule has 0 amide bonds. The van der Waals surface area contributed by atoms with Crippen molar-refractivity contribution in [2.75, 3.05) is 13.2 Å². The molecule has 80 valence electrons. The minimum atomic E-state index is -0.605. The Labute approximate surface area is 90.5 Å². The van der Waals surface area contributed by atoms with Crippen LogP contribution in [0.1, 0.15) is 27.7 Å². The highest BCUT2D eigenvalue weighted by atomic mass is 35.5. The number of ether oxygens (including phenoxy) is 2. The van der Waals surface area contributed by atoms with Gasteiger partial charge >= 0.3 is 0 Å². The zero-order chi connectivity index (χ0) is 10.5. The second kappa shape index (κ2) is 6.07. The Morgan fingerprint density at radius 3 is 1.54 bits per heavy atom. The SMILES string of the molecule is CC(Cl)COC(C)(C)OCC(C)Cl. The van der Waals surface area contributed by atoms with Crippen molar-refractivity contribution in [3.05, 3.63) is 0 Å². The molecule has 2 unspecified atom stereocenters. The lowest BCUT2D eigenvalue weighted by molar-refractivity contribution is -0.212. The van der Waals surface area contributed by atoms with E-state index in [1.165, 1.54) is 0 Å². The first-order valence-corrected chi connectivity index (χ1v) is 5.27. The maximum absolute atomic E-state index is 5.74. The van der Waals surface area contributed by atoms with Crippen LogP contribution in [0, 0.1) is 0 Å². The van der Waals surface area contributed by atoms with Crippen molar-refractivity contribution < 1.29 is 9.47 Å². The molecule has 2 atom stereocenters. The quantitative estimate of drug-likeness (QED) is 0.515. The molecule has 13 heavy (non-hydrogen) atoms. The van der Waals surface area contributed by atoms with Gasteiger partial charge in [-0.3, -0.25) is 0 Å². The van der Waals surface area contributed by atoms with Crippen LogP contribution < -0.4 is 0 Å². The molecule has 0 aromatic heterocycles. The Morgan fingerprint density at radius 2 is 1.31 bits per heavy atom. The molecule has 0 radical (unpaired) electrons. The number of hydrogen-bond acceptors (Lipinski definition) is 2. The average Bonchev–Trinajstić information content (AvgIpc) is 1.98. The van der Waals surface area contributed by atoms with Crippen molar-refractivity contribution in [1.82, 2.24) is 0 Å². The summed E-state index contributed by atoms with van der Waals surface area (Å²) in [7, 11) is 0. The van der Waals surface area contributed by atoms with Crippen LogP contribution in [0.15, 0.2) is 0 Å². The highest BCUT2D eigenvalue weighted by Crippen LogP contribution is 2.14. The molecular weight excluding hydrogens is 211 g/mol. The van der Waals surface area contributed by atoms with Crippen molar-refractivity contribution in [3.8, 4) is 0 Å². The Balaban J connectivity index is 3.66. The summed E-state index contributed by atoms with van der Waals surface area (Å²) < 4.78 is 10.9. The molecule has 0 saturated carbocycles. The van der Waals surface area contributed by atoms with Crippen LogP contribution >= 0.6 is 23.2 Å². The first-order chi connectivity index (χ1) is 5.83. The largest absolute Gasteiger partial charge is 0.349 e. The van der Waals surface area contributed by atoms with Gasteiger partial charge in [0, 0.05) is 0 Å². The van der Waals surface area contributed by atoms with Gasteiger partial charge in [-0.05, 0) is 27.7 Å². The Hall–Kier alpha value is 0.500. The second-order valence-corrected chi connectivity index (χ2v) is 5.07. The summed E-state index contributed by atoms with van der Waals surface area (Å²) in [5.74, 6) is -0.605. The van der Waals surface area contributed by atoms with Gasteiger partial charge in [0.25, 0.3) is 0 Å². The standard InChI is InChI=1S/C9H18Cl2O2/c1-7(10)5-12-9(3,4)13-6-8(2)11/h7-8H,5-6H2,1-4H3. The van der Waals surface area contributed by atoms with Crippen LogP contribution in [0.2, 0.25) is 0 Å². The third-order valence-electron chi connectivity index (χ3n) is 1.32. The topological polar surface area (TPSA) is 18.5 Å². The predicted octanol–water partition coefficient (Wildman–Crippen LogP) is 3.01. The first kappa shape index (κ1) is 13.5. The zero-order valence-corrected chi connectivity index (χ0v) is 10.2. The van der Waals surface area contributed by atoms with Gasteiger partial charge in [-0.25, -0.2) is 0 Å². The van der Waals surface area contributed by atoms with E-state index in [1.807, 2.05) is 27.7 Å². The molecule has 0 aliphatic carbocycles. The number of halogens is 2. The Kier molecular flexibility index (Phi) is 6.31. The predicted molar refractivity (Wildman–Crippen MR) is 56.6 cm³/mol. The van der Waals surface area contributed by atoms with E-state index < -0.39 is 5.79 Å². The fraction of sp³-hybridized carbons (Fsp3) is 1.00. The minimum absolute atomic E-state index is 0.00343. The molecule has 4 heteroatoms. The van der Waals surface area contributed by atoms with E-state index in [2.05, 4.69) is 0 Å². The summed E-state index contributed by atoms with van der Waals surface area (Å²) in [6.45, 7) is 8.41. The average molecular weight is 229 g/mol. The van der Waals surface area contributed by atoms with Crippen LogP contribution in [0.4, 0.5) is 0 Å². The van der Waals surface area contributed by atoms with Crippen molar-refractivity contribution in [3.63, 3.8) is 0 Å². The number of hydrogen-bond donors (Lipinski definition) is 0. The van der Waals surface area contributed by atoms with Crippen molar-refractivity contribution in [2.24, 2.45) is 0 Å². The van der Waals surface area contributed by atoms with Crippen molar-refractivity contribution in [1.29, 1.82) is 0 Å². The molecule has 0 aromatic rings. The molecule has 0 rings (SSSR count). The molecule has 0 aromatic carbocycles. The van der Waals surface area contributed by atoms with Gasteiger partial charge in [-0.15, -0.1) is 23.2 Å². The van der Waals surface area contributed by atoms with Gasteiger partial charge in [-0.1, -0.05) is 0 Å². The fourth-order valence-corrected chi connectivity index (χ4v) is 0.799. The maximum atomic E-state index is 5.74. The molecule has 2 nitrogen and oxygen atoms in total. The van der Waals surface area contributed by atoms with E-state index in [-0.39, 0.29) is 10.8 Å². The lowest BCUT2D eigenvalue weighted by atomic mass is 10.3. The third-order valence-corrected chi connectivity index (χ3v) is 1.57. The number of rotatable bonds is 6.